The highest BCUT2D eigenvalue weighted by molar-refractivity contribution is 7.99. The maximum atomic E-state index is 13.0. The molecule has 7 heteroatoms. The lowest BCUT2D eigenvalue weighted by Gasteiger charge is -2.11. The van der Waals surface area contributed by atoms with Gasteiger partial charge in [0.1, 0.15) is 11.3 Å². The first-order valence-electron chi connectivity index (χ1n) is 8.16. The van der Waals surface area contributed by atoms with Gasteiger partial charge in [-0.1, -0.05) is 25.1 Å². The van der Waals surface area contributed by atoms with Gasteiger partial charge in [0.15, 0.2) is 5.65 Å². The van der Waals surface area contributed by atoms with E-state index in [1.165, 1.54) is 0 Å². The summed E-state index contributed by atoms with van der Waals surface area (Å²) in [6.45, 7) is 2.07. The summed E-state index contributed by atoms with van der Waals surface area (Å²) in [5, 5.41) is 0. The van der Waals surface area contributed by atoms with E-state index in [1.807, 2.05) is 28.8 Å². The summed E-state index contributed by atoms with van der Waals surface area (Å²) >= 11 is 1.70. The Labute approximate surface area is 147 Å². The Bertz CT molecular complexity index is 929. The lowest BCUT2D eigenvalue weighted by atomic mass is 10.2. The predicted octanol–water partition coefficient (Wildman–Crippen LogP) is 5.56. The van der Waals surface area contributed by atoms with Crippen molar-refractivity contribution >= 4 is 22.9 Å². The first-order chi connectivity index (χ1) is 12.0. The third-order valence-corrected chi connectivity index (χ3v) is 5.15. The fourth-order valence-electron chi connectivity index (χ4n) is 2.94. The predicted molar refractivity (Wildman–Crippen MR) is 92.6 cm³/mol. The molecule has 0 bridgehead atoms. The van der Waals surface area contributed by atoms with Gasteiger partial charge >= 0.3 is 6.18 Å². The molecule has 0 N–H and O–H groups in total. The first kappa shape index (κ1) is 16.4. The second kappa shape index (κ2) is 6.05. The number of nitrogens with zero attached hydrogens (tertiary/aromatic N) is 3. The van der Waals surface area contributed by atoms with Crippen molar-refractivity contribution in [3.63, 3.8) is 0 Å². The summed E-state index contributed by atoms with van der Waals surface area (Å²) in [6.07, 6.45) is -1.51. The Hall–Kier alpha value is -2.02. The number of aromatic nitrogens is 3. The second-order valence-electron chi connectivity index (χ2n) is 6.03. The zero-order valence-electron chi connectivity index (χ0n) is 13.5. The van der Waals surface area contributed by atoms with Crippen LogP contribution >= 0.6 is 11.8 Å². The number of halogens is 3. The van der Waals surface area contributed by atoms with Crippen molar-refractivity contribution in [2.24, 2.45) is 0 Å². The molecular formula is C18H16F3N3S. The van der Waals surface area contributed by atoms with Gasteiger partial charge in [0, 0.05) is 22.7 Å². The Morgan fingerprint density at radius 1 is 1.24 bits per heavy atom. The summed E-state index contributed by atoms with van der Waals surface area (Å²) in [7, 11) is 0. The average molecular weight is 363 g/mol. The number of alkyl halides is 3. The third kappa shape index (κ3) is 3.01. The van der Waals surface area contributed by atoms with Gasteiger partial charge in [0.2, 0.25) is 0 Å². The Balaban J connectivity index is 1.93. The zero-order chi connectivity index (χ0) is 17.6. The number of pyridine rings is 1. The van der Waals surface area contributed by atoms with Crippen molar-refractivity contribution in [1.82, 2.24) is 14.5 Å². The molecule has 0 amide bonds. The smallest absolute Gasteiger partial charge is 0.306 e. The lowest BCUT2D eigenvalue weighted by molar-refractivity contribution is -0.137. The number of hydrogen-bond acceptors (Lipinski definition) is 3. The topological polar surface area (TPSA) is 30.7 Å². The molecule has 1 aliphatic carbocycles. The van der Waals surface area contributed by atoms with Gasteiger partial charge in [-0.05, 0) is 30.7 Å². The molecule has 0 saturated heterocycles. The number of imidazole rings is 1. The van der Waals surface area contributed by atoms with Gasteiger partial charge in [-0.25, -0.2) is 9.97 Å². The van der Waals surface area contributed by atoms with Crippen LogP contribution in [0.1, 0.15) is 31.4 Å². The van der Waals surface area contributed by atoms with Gasteiger partial charge in [-0.3, -0.25) is 0 Å². The highest BCUT2D eigenvalue weighted by Gasteiger charge is 2.34. The van der Waals surface area contributed by atoms with Crippen LogP contribution in [0, 0.1) is 0 Å². The fourth-order valence-corrected chi connectivity index (χ4v) is 3.74. The lowest BCUT2D eigenvalue weighted by Crippen LogP contribution is -2.06. The molecule has 1 aliphatic rings. The number of benzene rings is 1. The highest BCUT2D eigenvalue weighted by Crippen LogP contribution is 2.43. The fraction of sp³-hybridized carbons (Fsp3) is 0.333. The minimum absolute atomic E-state index is 0.268. The van der Waals surface area contributed by atoms with Crippen LogP contribution in [0.3, 0.4) is 0 Å². The standard InChI is InChI=1S/C18H16F3N3S/c1-2-25-15-6-4-3-5-13(15)16-23-14-9-11(18(19,20)21)10-22-17(14)24(16)12-7-8-12/h3-6,9-10,12H,2,7-8H2,1H3. The van der Waals surface area contributed by atoms with E-state index in [4.69, 9.17) is 0 Å². The maximum absolute atomic E-state index is 13.0. The molecule has 0 radical (unpaired) electrons. The van der Waals surface area contributed by atoms with Crippen molar-refractivity contribution in [3.8, 4) is 11.4 Å². The van der Waals surface area contributed by atoms with Crippen LogP contribution in [-0.2, 0) is 6.18 Å². The van der Waals surface area contributed by atoms with E-state index in [2.05, 4.69) is 16.9 Å². The molecule has 0 spiro atoms. The Morgan fingerprint density at radius 2 is 2.00 bits per heavy atom. The zero-order valence-corrected chi connectivity index (χ0v) is 14.4. The van der Waals surface area contributed by atoms with E-state index in [1.54, 1.807) is 11.8 Å². The van der Waals surface area contributed by atoms with Gasteiger partial charge in [-0.15, -0.1) is 11.8 Å². The molecular weight excluding hydrogens is 347 g/mol. The van der Waals surface area contributed by atoms with Crippen molar-refractivity contribution < 1.29 is 13.2 Å². The molecule has 1 fully saturated rings. The van der Waals surface area contributed by atoms with Gasteiger partial charge in [-0.2, -0.15) is 13.2 Å². The molecule has 1 aromatic carbocycles. The van der Waals surface area contributed by atoms with Crippen LogP contribution in [0.25, 0.3) is 22.6 Å². The second-order valence-corrected chi connectivity index (χ2v) is 7.34. The maximum Gasteiger partial charge on any atom is 0.417 e. The SMILES string of the molecule is CCSc1ccccc1-c1nc2cc(C(F)(F)F)cnc2n1C1CC1. The van der Waals surface area contributed by atoms with Gasteiger partial charge in [0.25, 0.3) is 0 Å². The van der Waals surface area contributed by atoms with E-state index in [-0.39, 0.29) is 6.04 Å². The van der Waals surface area contributed by atoms with Crippen molar-refractivity contribution in [2.75, 3.05) is 5.75 Å². The first-order valence-corrected chi connectivity index (χ1v) is 9.15. The van der Waals surface area contributed by atoms with E-state index < -0.39 is 11.7 Å². The number of fused-ring (bicyclic) bond motifs is 1. The van der Waals surface area contributed by atoms with Crippen molar-refractivity contribution in [3.05, 3.63) is 42.1 Å². The van der Waals surface area contributed by atoms with Gasteiger partial charge < -0.3 is 4.57 Å². The molecule has 130 valence electrons. The van der Waals surface area contributed by atoms with Crippen LogP contribution in [0.4, 0.5) is 13.2 Å². The summed E-state index contributed by atoms with van der Waals surface area (Å²) in [5.74, 6) is 1.62. The van der Waals surface area contributed by atoms with Crippen molar-refractivity contribution in [1.29, 1.82) is 0 Å². The monoisotopic (exact) mass is 363 g/mol. The number of rotatable bonds is 4. The molecule has 4 rings (SSSR count). The molecule has 0 atom stereocenters. The summed E-state index contributed by atoms with van der Waals surface area (Å²) in [4.78, 5) is 9.73. The van der Waals surface area contributed by atoms with Crippen LogP contribution in [0.2, 0.25) is 0 Å². The van der Waals surface area contributed by atoms with Crippen molar-refractivity contribution in [2.45, 2.75) is 36.9 Å². The molecule has 1 saturated carbocycles. The van der Waals surface area contributed by atoms with E-state index in [9.17, 15) is 13.2 Å². The van der Waals surface area contributed by atoms with Gasteiger partial charge in [0.05, 0.1) is 5.56 Å². The molecule has 3 aromatic rings. The molecule has 2 heterocycles. The van der Waals surface area contributed by atoms with Crippen LogP contribution < -0.4 is 0 Å². The average Bonchev–Trinajstić information content (AvgIpc) is 3.34. The van der Waals surface area contributed by atoms with Crippen LogP contribution in [-0.4, -0.2) is 20.3 Å². The van der Waals surface area contributed by atoms with Crippen LogP contribution in [0.15, 0.2) is 41.4 Å². The molecule has 0 aliphatic heterocycles. The largest absolute Gasteiger partial charge is 0.417 e. The summed E-state index contributed by atoms with van der Waals surface area (Å²) in [5.41, 5.74) is 1.02. The highest BCUT2D eigenvalue weighted by atomic mass is 32.2. The van der Waals surface area contributed by atoms with E-state index in [0.717, 1.165) is 41.3 Å². The normalized spacial score (nSPS) is 15.0. The number of hydrogen-bond donors (Lipinski definition) is 0. The molecule has 3 nitrogen and oxygen atoms in total. The van der Waals surface area contributed by atoms with E-state index in [0.29, 0.717) is 17.0 Å². The third-order valence-electron chi connectivity index (χ3n) is 4.20. The Kier molecular flexibility index (Phi) is 3.98. The van der Waals surface area contributed by atoms with Crippen LogP contribution in [0.5, 0.6) is 0 Å². The minimum Gasteiger partial charge on any atom is -0.306 e. The molecule has 0 unspecified atom stereocenters. The summed E-state index contributed by atoms with van der Waals surface area (Å²) < 4.78 is 41.0. The molecule has 25 heavy (non-hydrogen) atoms. The quantitative estimate of drug-likeness (QED) is 0.568. The number of thioether (sulfide) groups is 1. The van der Waals surface area contributed by atoms with E-state index >= 15 is 0 Å². The molecule has 2 aromatic heterocycles. The minimum atomic E-state index is -4.42. The Morgan fingerprint density at radius 3 is 2.68 bits per heavy atom. The summed E-state index contributed by atoms with van der Waals surface area (Å²) in [6, 6.07) is 9.26.